The Bertz CT molecular complexity index is 931. The van der Waals surface area contributed by atoms with Crippen LogP contribution < -0.4 is 0 Å². The van der Waals surface area contributed by atoms with Gasteiger partial charge in [0, 0.05) is 19.8 Å². The van der Waals surface area contributed by atoms with Gasteiger partial charge in [0.25, 0.3) is 0 Å². The van der Waals surface area contributed by atoms with Gasteiger partial charge in [-0.2, -0.15) is 0 Å². The minimum Gasteiger partial charge on any atom is -0.379 e. The number of unbranched alkanes of at least 4 members (excludes halogenated alkanes) is 10. The average molecular weight is 690 g/mol. The van der Waals surface area contributed by atoms with Crippen LogP contribution in [0.4, 0.5) is 0 Å². The van der Waals surface area contributed by atoms with Crippen LogP contribution in [0.2, 0.25) is 0 Å². The van der Waals surface area contributed by atoms with Gasteiger partial charge in [0.1, 0.15) is 0 Å². The molecule has 284 valence electrons. The van der Waals surface area contributed by atoms with E-state index in [1.165, 1.54) is 90.1 Å². The summed E-state index contributed by atoms with van der Waals surface area (Å²) in [6.45, 7) is 10.3. The van der Waals surface area contributed by atoms with Crippen molar-refractivity contribution >= 4 is 0 Å². The second-order valence-corrected chi connectivity index (χ2v) is 13.7. The highest BCUT2D eigenvalue weighted by molar-refractivity contribution is 5.00. The Morgan fingerprint density at radius 2 is 0.800 bits per heavy atom. The Morgan fingerprint density at radius 3 is 1.20 bits per heavy atom. The number of ether oxygens (including phenoxy) is 2. The molecule has 3 nitrogen and oxygen atoms in total. The number of hydrogen-bond donors (Lipinski definition) is 0. The van der Waals surface area contributed by atoms with E-state index in [-0.39, 0.29) is 6.10 Å². The summed E-state index contributed by atoms with van der Waals surface area (Å²) in [4.78, 5) is 2.55. The smallest absolute Gasteiger partial charge is 0.0934 e. The Labute approximate surface area is 311 Å². The number of nitrogens with zero attached hydrogens (tertiary/aromatic N) is 1. The van der Waals surface area contributed by atoms with Gasteiger partial charge in [-0.15, -0.1) is 0 Å². The molecule has 0 aromatic heterocycles. The molecule has 1 rings (SSSR count). The van der Waals surface area contributed by atoms with Gasteiger partial charge in [-0.25, -0.2) is 0 Å². The fourth-order valence-electron chi connectivity index (χ4n) is 5.82. The highest BCUT2D eigenvalue weighted by atomic mass is 16.5. The van der Waals surface area contributed by atoms with E-state index in [2.05, 4.69) is 116 Å². The largest absolute Gasteiger partial charge is 0.379 e. The number of allylic oxidation sites excluding steroid dienone is 16. The maximum atomic E-state index is 6.34. The second kappa shape index (κ2) is 39.6. The molecule has 0 aliphatic carbocycles. The first kappa shape index (κ1) is 45.8. The summed E-state index contributed by atoms with van der Waals surface area (Å²) in [7, 11) is 0. The molecule has 1 aliphatic rings. The summed E-state index contributed by atoms with van der Waals surface area (Å²) in [6.07, 6.45) is 63.0. The van der Waals surface area contributed by atoms with Gasteiger partial charge in [-0.1, -0.05) is 137 Å². The first-order chi connectivity index (χ1) is 24.9. The highest BCUT2D eigenvalue weighted by Crippen LogP contribution is 2.11. The fraction of sp³-hybridized carbons (Fsp3) is 0.660. The Kier molecular flexibility index (Phi) is 36.3. The average Bonchev–Trinajstić information content (AvgIpc) is 3.64. The van der Waals surface area contributed by atoms with Crippen molar-refractivity contribution in [3.05, 3.63) is 97.2 Å². The Balaban J connectivity index is 2.05. The SMILES string of the molecule is CCCCC/C=C\C/C=C\C/C=C/C/C=C\CCCCOCC(CN1CCCC1)OCCCC/C=C/C/C=C/C/C=C/C/C=C/CCCCC. The van der Waals surface area contributed by atoms with Gasteiger partial charge in [-0.05, 0) is 129 Å². The van der Waals surface area contributed by atoms with Crippen LogP contribution in [0.15, 0.2) is 97.2 Å². The van der Waals surface area contributed by atoms with Crippen LogP contribution in [0, 0.1) is 0 Å². The first-order valence-corrected chi connectivity index (χ1v) is 21.0. The van der Waals surface area contributed by atoms with Crippen LogP contribution in [0.25, 0.3) is 0 Å². The number of hydrogen-bond acceptors (Lipinski definition) is 3. The summed E-state index contributed by atoms with van der Waals surface area (Å²) in [5, 5.41) is 0. The molecule has 0 saturated carbocycles. The van der Waals surface area contributed by atoms with E-state index >= 15 is 0 Å². The summed E-state index contributed by atoms with van der Waals surface area (Å²) in [5.74, 6) is 0. The quantitative estimate of drug-likeness (QED) is 0.0488. The molecule has 3 heteroatoms. The van der Waals surface area contributed by atoms with Crippen molar-refractivity contribution in [1.29, 1.82) is 0 Å². The molecule has 0 bridgehead atoms. The predicted molar refractivity (Wildman–Crippen MR) is 223 cm³/mol. The lowest BCUT2D eigenvalue weighted by Crippen LogP contribution is -2.35. The third-order valence-corrected chi connectivity index (χ3v) is 8.91. The topological polar surface area (TPSA) is 21.7 Å². The summed E-state index contributed by atoms with van der Waals surface area (Å²) < 4.78 is 12.4. The van der Waals surface area contributed by atoms with Crippen molar-refractivity contribution in [3.63, 3.8) is 0 Å². The normalized spacial score (nSPS) is 15.6. The van der Waals surface area contributed by atoms with Crippen molar-refractivity contribution in [1.82, 2.24) is 4.90 Å². The van der Waals surface area contributed by atoms with Crippen LogP contribution in [0.5, 0.6) is 0 Å². The molecule has 1 fully saturated rings. The lowest BCUT2D eigenvalue weighted by Gasteiger charge is -2.24. The second-order valence-electron chi connectivity index (χ2n) is 13.7. The van der Waals surface area contributed by atoms with Crippen molar-refractivity contribution in [2.75, 3.05) is 39.5 Å². The van der Waals surface area contributed by atoms with E-state index < -0.39 is 0 Å². The Hall–Kier alpha value is -2.20. The monoisotopic (exact) mass is 690 g/mol. The molecule has 0 aromatic rings. The molecule has 1 atom stereocenters. The predicted octanol–water partition coefficient (Wildman–Crippen LogP) is 13.8. The maximum Gasteiger partial charge on any atom is 0.0934 e. The van der Waals surface area contributed by atoms with Crippen LogP contribution in [0.3, 0.4) is 0 Å². The van der Waals surface area contributed by atoms with Gasteiger partial charge in [0.15, 0.2) is 0 Å². The van der Waals surface area contributed by atoms with Crippen molar-refractivity contribution in [3.8, 4) is 0 Å². The van der Waals surface area contributed by atoms with Crippen molar-refractivity contribution in [2.45, 2.75) is 161 Å². The minimum atomic E-state index is 0.193. The zero-order valence-corrected chi connectivity index (χ0v) is 32.9. The number of rotatable bonds is 35. The van der Waals surface area contributed by atoms with Crippen molar-refractivity contribution in [2.24, 2.45) is 0 Å². The van der Waals surface area contributed by atoms with E-state index in [9.17, 15) is 0 Å². The van der Waals surface area contributed by atoms with Gasteiger partial charge >= 0.3 is 0 Å². The summed E-state index contributed by atoms with van der Waals surface area (Å²) in [5.41, 5.74) is 0. The van der Waals surface area contributed by atoms with Crippen LogP contribution in [-0.2, 0) is 9.47 Å². The van der Waals surface area contributed by atoms with E-state index in [0.29, 0.717) is 0 Å². The third-order valence-electron chi connectivity index (χ3n) is 8.91. The molecule has 1 aliphatic heterocycles. The molecule has 0 radical (unpaired) electrons. The third kappa shape index (κ3) is 34.3. The highest BCUT2D eigenvalue weighted by Gasteiger charge is 2.18. The molecule has 0 spiro atoms. The Morgan fingerprint density at radius 1 is 0.440 bits per heavy atom. The van der Waals surface area contributed by atoms with Crippen LogP contribution >= 0.6 is 0 Å². The molecule has 0 N–H and O–H groups in total. The summed E-state index contributed by atoms with van der Waals surface area (Å²) in [6, 6.07) is 0. The molecule has 0 amide bonds. The van der Waals surface area contributed by atoms with Crippen molar-refractivity contribution < 1.29 is 9.47 Å². The molecular formula is C47H79NO2. The standard InChI is InChI=1S/C47H79NO2/c1-3-5-7-9-11-13-15-17-19-21-23-25-27-29-31-33-35-39-43-49-46-47(45-48-41-37-38-42-48)50-44-40-36-34-32-30-28-26-24-22-20-18-16-14-12-10-8-6-4-2/h11-14,17-20,23-26,29-32,47H,3-10,15-16,21-22,27-28,33-46H2,1-2H3/b13-11-,14-12+,19-17-,20-18+,25-23+,26-24+,31-29-,32-30+. The zero-order valence-electron chi connectivity index (χ0n) is 32.9. The van der Waals surface area contributed by atoms with Gasteiger partial charge in [0.05, 0.1) is 12.7 Å². The molecule has 50 heavy (non-hydrogen) atoms. The van der Waals surface area contributed by atoms with Crippen LogP contribution in [-0.4, -0.2) is 50.5 Å². The molecule has 0 aromatic carbocycles. The molecule has 1 saturated heterocycles. The van der Waals surface area contributed by atoms with E-state index in [0.717, 1.165) is 90.6 Å². The lowest BCUT2D eigenvalue weighted by atomic mass is 10.2. The zero-order chi connectivity index (χ0) is 35.7. The summed E-state index contributed by atoms with van der Waals surface area (Å²) >= 11 is 0. The van der Waals surface area contributed by atoms with E-state index in [1.807, 2.05) is 0 Å². The molecular weight excluding hydrogens is 611 g/mol. The van der Waals surface area contributed by atoms with Gasteiger partial charge < -0.3 is 14.4 Å². The number of likely N-dealkylation sites (tertiary alicyclic amines) is 1. The lowest BCUT2D eigenvalue weighted by molar-refractivity contribution is -0.0314. The van der Waals surface area contributed by atoms with Crippen LogP contribution in [0.1, 0.15) is 155 Å². The van der Waals surface area contributed by atoms with Gasteiger partial charge in [0.2, 0.25) is 0 Å². The van der Waals surface area contributed by atoms with E-state index in [4.69, 9.17) is 9.47 Å². The van der Waals surface area contributed by atoms with E-state index in [1.54, 1.807) is 0 Å². The van der Waals surface area contributed by atoms with Gasteiger partial charge in [-0.3, -0.25) is 0 Å². The first-order valence-electron chi connectivity index (χ1n) is 21.0. The maximum absolute atomic E-state index is 6.34. The fourth-order valence-corrected chi connectivity index (χ4v) is 5.82. The molecule has 1 unspecified atom stereocenters. The molecule has 1 heterocycles. The minimum absolute atomic E-state index is 0.193.